The van der Waals surface area contributed by atoms with Crippen molar-refractivity contribution in [2.45, 2.75) is 13.1 Å². The van der Waals surface area contributed by atoms with Gasteiger partial charge >= 0.3 is 0 Å². The number of hydrogen-bond acceptors (Lipinski definition) is 6. The standard InChI is InChI=1S/C18H15ClN4OS/c1-23(11-17-20-14-4-2-3-5-15(14)25-17)10-16-21-22-18(24-16)12-6-8-13(19)9-7-12/h2-9H,10-11H2,1H3. The Hall–Kier alpha value is -2.28. The van der Waals surface area contributed by atoms with Crippen LogP contribution in [-0.2, 0) is 13.1 Å². The van der Waals surface area contributed by atoms with Gasteiger partial charge in [0.1, 0.15) is 5.01 Å². The molecule has 0 N–H and O–H groups in total. The van der Waals surface area contributed by atoms with Crippen LogP contribution in [0.4, 0.5) is 0 Å². The van der Waals surface area contributed by atoms with Crippen molar-refractivity contribution >= 4 is 33.2 Å². The summed E-state index contributed by atoms with van der Waals surface area (Å²) in [6.45, 7) is 1.30. The number of halogens is 1. The average Bonchev–Trinajstić information content (AvgIpc) is 3.21. The highest BCUT2D eigenvalue weighted by Crippen LogP contribution is 2.23. The largest absolute Gasteiger partial charge is 0.419 e. The third-order valence-corrected chi connectivity index (χ3v) is 4.98. The van der Waals surface area contributed by atoms with E-state index in [0.29, 0.717) is 23.3 Å². The molecule has 0 saturated carbocycles. The summed E-state index contributed by atoms with van der Waals surface area (Å²) in [6.07, 6.45) is 0. The number of aromatic nitrogens is 3. The molecule has 2 aromatic carbocycles. The van der Waals surface area contributed by atoms with Gasteiger partial charge in [0.2, 0.25) is 11.8 Å². The summed E-state index contributed by atoms with van der Waals surface area (Å²) < 4.78 is 6.96. The van der Waals surface area contributed by atoms with Gasteiger partial charge in [0.15, 0.2) is 0 Å². The van der Waals surface area contributed by atoms with Gasteiger partial charge in [0.25, 0.3) is 0 Å². The lowest BCUT2D eigenvalue weighted by Gasteiger charge is -2.11. The van der Waals surface area contributed by atoms with Crippen LogP contribution in [0, 0.1) is 0 Å². The topological polar surface area (TPSA) is 55.1 Å². The molecule has 5 nitrogen and oxygen atoms in total. The quantitative estimate of drug-likeness (QED) is 0.512. The number of hydrogen-bond donors (Lipinski definition) is 0. The van der Waals surface area contributed by atoms with E-state index in [0.717, 1.165) is 22.6 Å². The van der Waals surface area contributed by atoms with Crippen molar-refractivity contribution in [1.29, 1.82) is 0 Å². The molecule has 0 amide bonds. The second kappa shape index (κ2) is 6.92. The second-order valence-electron chi connectivity index (χ2n) is 5.76. The predicted molar refractivity (Wildman–Crippen MR) is 99.5 cm³/mol. The molecule has 0 radical (unpaired) electrons. The Balaban J connectivity index is 1.44. The maximum absolute atomic E-state index is 5.90. The summed E-state index contributed by atoms with van der Waals surface area (Å²) in [5, 5.41) is 9.99. The molecular formula is C18H15ClN4OS. The molecule has 0 spiro atoms. The van der Waals surface area contributed by atoms with Crippen molar-refractivity contribution in [1.82, 2.24) is 20.1 Å². The smallest absolute Gasteiger partial charge is 0.247 e. The molecule has 126 valence electrons. The van der Waals surface area contributed by atoms with Gasteiger partial charge in [-0.1, -0.05) is 23.7 Å². The highest BCUT2D eigenvalue weighted by atomic mass is 35.5. The van der Waals surface area contributed by atoms with Crippen LogP contribution >= 0.6 is 22.9 Å². The Morgan fingerprint density at radius 2 is 1.84 bits per heavy atom. The SMILES string of the molecule is CN(Cc1nnc(-c2ccc(Cl)cc2)o1)Cc1nc2ccccc2s1. The van der Waals surface area contributed by atoms with Gasteiger partial charge in [0, 0.05) is 10.6 Å². The molecule has 0 aliphatic rings. The number of para-hydroxylation sites is 1. The minimum Gasteiger partial charge on any atom is -0.419 e. The van der Waals surface area contributed by atoms with Crippen LogP contribution < -0.4 is 0 Å². The molecule has 25 heavy (non-hydrogen) atoms. The highest BCUT2D eigenvalue weighted by molar-refractivity contribution is 7.18. The van der Waals surface area contributed by atoms with Crippen molar-refractivity contribution < 1.29 is 4.42 Å². The van der Waals surface area contributed by atoms with Crippen molar-refractivity contribution in [3.05, 3.63) is 64.5 Å². The molecule has 0 bridgehead atoms. The summed E-state index contributed by atoms with van der Waals surface area (Å²) in [4.78, 5) is 6.76. The van der Waals surface area contributed by atoms with Gasteiger partial charge in [0.05, 0.1) is 23.3 Å². The molecule has 0 saturated heterocycles. The Kier molecular flexibility index (Phi) is 4.48. The zero-order valence-corrected chi connectivity index (χ0v) is 15.1. The Morgan fingerprint density at radius 1 is 1.04 bits per heavy atom. The van der Waals surface area contributed by atoms with Crippen molar-refractivity contribution in [2.75, 3.05) is 7.05 Å². The van der Waals surface area contributed by atoms with Gasteiger partial charge in [-0.2, -0.15) is 0 Å². The fourth-order valence-electron chi connectivity index (χ4n) is 2.53. The van der Waals surface area contributed by atoms with Crippen molar-refractivity contribution in [3.8, 4) is 11.5 Å². The van der Waals surface area contributed by atoms with Gasteiger partial charge in [-0.3, -0.25) is 4.90 Å². The highest BCUT2D eigenvalue weighted by Gasteiger charge is 2.12. The van der Waals surface area contributed by atoms with E-state index >= 15 is 0 Å². The van der Waals surface area contributed by atoms with E-state index in [9.17, 15) is 0 Å². The molecule has 4 rings (SSSR count). The molecule has 2 heterocycles. The third kappa shape index (κ3) is 3.71. The number of rotatable bonds is 5. The van der Waals surface area contributed by atoms with E-state index in [2.05, 4.69) is 26.1 Å². The third-order valence-electron chi connectivity index (χ3n) is 3.71. The summed E-state index contributed by atoms with van der Waals surface area (Å²) in [7, 11) is 2.01. The normalized spacial score (nSPS) is 11.5. The van der Waals surface area contributed by atoms with E-state index in [4.69, 9.17) is 16.0 Å². The van der Waals surface area contributed by atoms with E-state index in [1.807, 2.05) is 37.4 Å². The van der Waals surface area contributed by atoms with E-state index < -0.39 is 0 Å². The zero-order chi connectivity index (χ0) is 17.2. The van der Waals surface area contributed by atoms with Gasteiger partial charge < -0.3 is 4.42 Å². The van der Waals surface area contributed by atoms with E-state index in [1.165, 1.54) is 4.70 Å². The number of thiazole rings is 1. The Bertz CT molecular complexity index is 963. The van der Waals surface area contributed by atoms with Crippen LogP contribution in [0.2, 0.25) is 5.02 Å². The summed E-state index contributed by atoms with van der Waals surface area (Å²) in [5.41, 5.74) is 1.90. The van der Waals surface area contributed by atoms with Crippen molar-refractivity contribution in [3.63, 3.8) is 0 Å². The van der Waals surface area contributed by atoms with Crippen LogP contribution in [0.25, 0.3) is 21.7 Å². The molecule has 0 unspecified atom stereocenters. The average molecular weight is 371 g/mol. The van der Waals surface area contributed by atoms with Crippen LogP contribution in [-0.4, -0.2) is 27.1 Å². The summed E-state index contributed by atoms with van der Waals surface area (Å²) in [6, 6.07) is 15.5. The van der Waals surface area contributed by atoms with Crippen LogP contribution in [0.5, 0.6) is 0 Å². The monoisotopic (exact) mass is 370 g/mol. The molecule has 7 heteroatoms. The van der Waals surface area contributed by atoms with Crippen LogP contribution in [0.15, 0.2) is 52.9 Å². The predicted octanol–water partition coefficient (Wildman–Crippen LogP) is 4.63. The summed E-state index contributed by atoms with van der Waals surface area (Å²) in [5.74, 6) is 1.08. The van der Waals surface area contributed by atoms with Crippen molar-refractivity contribution in [2.24, 2.45) is 0 Å². The van der Waals surface area contributed by atoms with Gasteiger partial charge in [-0.25, -0.2) is 4.98 Å². The lowest BCUT2D eigenvalue weighted by Crippen LogP contribution is -2.17. The van der Waals surface area contributed by atoms with Crippen LogP contribution in [0.1, 0.15) is 10.9 Å². The minimum absolute atomic E-state index is 0.500. The Morgan fingerprint density at radius 3 is 2.64 bits per heavy atom. The van der Waals surface area contributed by atoms with Crippen LogP contribution in [0.3, 0.4) is 0 Å². The van der Waals surface area contributed by atoms with E-state index in [1.54, 1.807) is 23.5 Å². The van der Waals surface area contributed by atoms with Gasteiger partial charge in [-0.15, -0.1) is 21.5 Å². The fourth-order valence-corrected chi connectivity index (χ4v) is 3.71. The second-order valence-corrected chi connectivity index (χ2v) is 7.31. The number of nitrogens with zero attached hydrogens (tertiary/aromatic N) is 4. The maximum atomic E-state index is 5.90. The molecular weight excluding hydrogens is 356 g/mol. The molecule has 2 aromatic heterocycles. The van der Waals surface area contributed by atoms with E-state index in [-0.39, 0.29) is 0 Å². The van der Waals surface area contributed by atoms with Gasteiger partial charge in [-0.05, 0) is 43.4 Å². The fraction of sp³-hybridized carbons (Fsp3) is 0.167. The first-order valence-electron chi connectivity index (χ1n) is 7.79. The number of benzene rings is 2. The maximum Gasteiger partial charge on any atom is 0.247 e. The zero-order valence-electron chi connectivity index (χ0n) is 13.5. The minimum atomic E-state index is 0.500. The molecule has 0 aliphatic heterocycles. The molecule has 4 aromatic rings. The lowest BCUT2D eigenvalue weighted by atomic mass is 10.2. The first-order chi connectivity index (χ1) is 12.2. The molecule has 0 fully saturated rings. The lowest BCUT2D eigenvalue weighted by molar-refractivity contribution is 0.282. The summed E-state index contributed by atoms with van der Waals surface area (Å²) >= 11 is 7.61. The Labute approximate surface area is 153 Å². The molecule has 0 atom stereocenters. The first kappa shape index (κ1) is 16.2. The number of fused-ring (bicyclic) bond motifs is 1. The first-order valence-corrected chi connectivity index (χ1v) is 8.98. The molecule has 0 aliphatic carbocycles.